The molecule has 3 N–H and O–H groups in total. The van der Waals surface area contributed by atoms with Crippen molar-refractivity contribution < 1.29 is 4.79 Å². The van der Waals surface area contributed by atoms with Crippen molar-refractivity contribution in [2.24, 2.45) is 0 Å². The molecule has 5 heteroatoms. The van der Waals surface area contributed by atoms with Crippen LogP contribution in [0.1, 0.15) is 16.8 Å². The first-order valence-electron chi connectivity index (χ1n) is 11.1. The summed E-state index contributed by atoms with van der Waals surface area (Å²) in [6, 6.07) is 39.2. The van der Waals surface area contributed by atoms with E-state index in [1.807, 2.05) is 0 Å². The van der Waals surface area contributed by atoms with Gasteiger partial charge in [0.2, 0.25) is 0 Å². The number of hydrogen-bond acceptors (Lipinski definition) is 2. The molecule has 0 radical (unpaired) electrons. The Bertz CT molecular complexity index is 1120. The molecule has 1 amide bonds. The molecular weight excluding hydrogens is 491 g/mol. The number of amides is 1. The van der Waals surface area contributed by atoms with Crippen molar-refractivity contribution in [3.05, 3.63) is 121 Å². The normalized spacial score (nSPS) is 12.5. The minimum absolute atomic E-state index is 0.101. The van der Waals surface area contributed by atoms with E-state index in [9.17, 15) is 4.79 Å². The average molecular weight is 519 g/mol. The van der Waals surface area contributed by atoms with Gasteiger partial charge in [0.05, 0.1) is 0 Å². The van der Waals surface area contributed by atoms with Crippen molar-refractivity contribution in [1.82, 2.24) is 5.32 Å². The maximum absolute atomic E-state index is 12.6. The van der Waals surface area contributed by atoms with Gasteiger partial charge in [0.15, 0.2) is 0 Å². The van der Waals surface area contributed by atoms with Gasteiger partial charge in [-0.2, -0.15) is 0 Å². The minimum atomic E-state index is -2.96. The predicted octanol–water partition coefficient (Wildman–Crippen LogP) is 5.23. The Labute approximate surface area is 203 Å². The van der Waals surface area contributed by atoms with E-state index in [2.05, 4.69) is 112 Å². The molecule has 0 atom stereocenters. The molecule has 0 aliphatic carbocycles. The summed E-state index contributed by atoms with van der Waals surface area (Å²) in [7, 11) is 0. The quantitative estimate of drug-likeness (QED) is 0.190. The summed E-state index contributed by atoms with van der Waals surface area (Å²) in [6.45, 7) is 0.573. The number of carbonyl (C=O) groups is 1. The van der Waals surface area contributed by atoms with Gasteiger partial charge in [0.25, 0.3) is 0 Å². The molecule has 0 aliphatic heterocycles. The number of carbonyl (C=O) groups excluding carboxylic acids is 1. The molecule has 0 fully saturated rings. The summed E-state index contributed by atoms with van der Waals surface area (Å²) >= 11 is 4.44. The van der Waals surface area contributed by atoms with Crippen LogP contribution in [0.5, 0.6) is 0 Å². The molecule has 0 spiro atoms. The summed E-state index contributed by atoms with van der Waals surface area (Å²) in [6.07, 6.45) is 1.69. The second kappa shape index (κ2) is 9.91. The summed E-state index contributed by atoms with van der Waals surface area (Å²) in [4.78, 5) is 12.6. The Balaban J connectivity index is 1.69. The van der Waals surface area contributed by atoms with Crippen LogP contribution in [0, 0.1) is 0 Å². The molecule has 0 aliphatic rings. The predicted molar refractivity (Wildman–Crippen MR) is 147 cm³/mol. The molecule has 0 bridgehead atoms. The fraction of sp³-hybridized carbons (Fsp3) is 0.107. The Hall–Kier alpha value is -2.94. The third kappa shape index (κ3) is 4.59. The van der Waals surface area contributed by atoms with Gasteiger partial charge in [0.1, 0.15) is 0 Å². The van der Waals surface area contributed by atoms with E-state index in [1.54, 1.807) is 24.3 Å². The van der Waals surface area contributed by atoms with Crippen LogP contribution in [0.4, 0.5) is 5.69 Å². The fourth-order valence-electron chi connectivity index (χ4n) is 4.41. The number of hydrogen-bond donors (Lipinski definition) is 2. The average Bonchev–Trinajstić information content (AvgIpc) is 2.88. The number of nitrogen functional groups attached to an aromatic ring is 1. The first-order chi connectivity index (χ1) is 16.0. The second-order valence-corrected chi connectivity index (χ2v) is 17.2. The molecule has 0 heterocycles. The van der Waals surface area contributed by atoms with E-state index in [0.717, 1.165) is 12.6 Å². The van der Waals surface area contributed by atoms with Gasteiger partial charge in [-0.1, -0.05) is 0 Å². The SMILES string of the molecule is Nc1cccc(C(=O)NCCCP(Br)(c2ccccc2)(c2ccccc2)c2ccccc2)c1. The molecule has 4 rings (SSSR count). The van der Waals surface area contributed by atoms with Crippen molar-refractivity contribution in [1.29, 1.82) is 0 Å². The van der Waals surface area contributed by atoms with Gasteiger partial charge in [-0.3, -0.25) is 0 Å². The van der Waals surface area contributed by atoms with Crippen molar-refractivity contribution in [2.75, 3.05) is 18.4 Å². The third-order valence-corrected chi connectivity index (χ3v) is 16.1. The zero-order chi connectivity index (χ0) is 23.2. The topological polar surface area (TPSA) is 55.1 Å². The zero-order valence-corrected chi connectivity index (χ0v) is 20.9. The first kappa shape index (κ1) is 23.2. The molecule has 0 saturated carbocycles. The molecule has 3 nitrogen and oxygen atoms in total. The summed E-state index contributed by atoms with van der Waals surface area (Å²) in [5.41, 5.74) is 7.01. The number of anilines is 1. The van der Waals surface area contributed by atoms with E-state index < -0.39 is 5.31 Å². The number of halogens is 1. The standard InChI is InChI=1S/C28H28BrN2OP/c29-33(25-14-4-1-5-15-25,26-16-6-2-7-17-26,27-18-8-3-9-19-27)21-11-20-31-28(32)23-12-10-13-24(30)22-23/h1-10,12-19,22H,11,20-21,30H2,(H,31,32). The number of benzene rings is 4. The molecule has 0 saturated heterocycles. The molecule has 168 valence electrons. The molecular formula is C28H28BrN2OP. The van der Waals surface area contributed by atoms with Gasteiger partial charge in [-0.05, 0) is 0 Å². The van der Waals surface area contributed by atoms with Crippen LogP contribution in [0.3, 0.4) is 0 Å². The van der Waals surface area contributed by atoms with Gasteiger partial charge in [0, 0.05) is 0 Å². The van der Waals surface area contributed by atoms with Crippen molar-refractivity contribution >= 4 is 48.3 Å². The number of nitrogens with one attached hydrogen (secondary N) is 1. The van der Waals surface area contributed by atoms with Gasteiger partial charge >= 0.3 is 204 Å². The van der Waals surface area contributed by atoms with E-state index in [4.69, 9.17) is 5.73 Å². The second-order valence-electron chi connectivity index (χ2n) is 8.15. The van der Waals surface area contributed by atoms with E-state index in [0.29, 0.717) is 17.8 Å². The number of rotatable bonds is 8. The molecule has 0 unspecified atom stereocenters. The van der Waals surface area contributed by atoms with Crippen LogP contribution in [0.2, 0.25) is 0 Å². The summed E-state index contributed by atoms with van der Waals surface area (Å²) in [5, 5.41) is 3.96. The van der Waals surface area contributed by atoms with Crippen molar-refractivity contribution in [2.45, 2.75) is 6.42 Å². The van der Waals surface area contributed by atoms with Gasteiger partial charge in [-0.25, -0.2) is 0 Å². The monoisotopic (exact) mass is 518 g/mol. The zero-order valence-electron chi connectivity index (χ0n) is 18.4. The van der Waals surface area contributed by atoms with Crippen molar-refractivity contribution in [3.63, 3.8) is 0 Å². The van der Waals surface area contributed by atoms with E-state index >= 15 is 0 Å². The van der Waals surface area contributed by atoms with Gasteiger partial charge in [-0.15, -0.1) is 0 Å². The molecule has 33 heavy (non-hydrogen) atoms. The Kier molecular flexibility index (Phi) is 6.97. The number of nitrogens with two attached hydrogens (primary N) is 1. The Morgan fingerprint density at radius 1 is 0.727 bits per heavy atom. The third-order valence-electron chi connectivity index (χ3n) is 6.07. The van der Waals surface area contributed by atoms with E-state index in [-0.39, 0.29) is 5.91 Å². The Morgan fingerprint density at radius 3 is 1.67 bits per heavy atom. The van der Waals surface area contributed by atoms with E-state index in [1.165, 1.54) is 15.9 Å². The summed E-state index contributed by atoms with van der Waals surface area (Å²) in [5.74, 6) is -0.101. The van der Waals surface area contributed by atoms with Crippen LogP contribution >= 0.6 is 20.8 Å². The van der Waals surface area contributed by atoms with Crippen LogP contribution in [-0.4, -0.2) is 18.6 Å². The molecule has 4 aromatic rings. The fourth-order valence-corrected chi connectivity index (χ4v) is 12.1. The molecule has 0 aromatic heterocycles. The maximum atomic E-state index is 12.6. The van der Waals surface area contributed by atoms with Crippen LogP contribution in [-0.2, 0) is 0 Å². The van der Waals surface area contributed by atoms with Gasteiger partial charge < -0.3 is 0 Å². The summed E-state index contributed by atoms with van der Waals surface area (Å²) < 4.78 is 0. The van der Waals surface area contributed by atoms with Crippen LogP contribution in [0.15, 0.2) is 115 Å². The Morgan fingerprint density at radius 2 is 1.21 bits per heavy atom. The molecule has 4 aromatic carbocycles. The van der Waals surface area contributed by atoms with Crippen molar-refractivity contribution in [3.8, 4) is 0 Å². The van der Waals surface area contributed by atoms with Crippen LogP contribution < -0.4 is 27.0 Å². The first-order valence-corrected chi connectivity index (χ1v) is 15.5. The van der Waals surface area contributed by atoms with Crippen LogP contribution in [0.25, 0.3) is 0 Å².